The van der Waals surface area contributed by atoms with Crippen LogP contribution in [0.5, 0.6) is 0 Å². The number of sulfonamides is 1. The molecule has 0 spiro atoms. The molecule has 1 aromatic heterocycles. The predicted octanol–water partition coefficient (Wildman–Crippen LogP) is 3.21. The fourth-order valence-corrected chi connectivity index (χ4v) is 4.35. The monoisotopic (exact) mass is 368 g/mol. The highest BCUT2D eigenvalue weighted by atomic mass is 32.2. The zero-order valence-electron chi connectivity index (χ0n) is 14.9. The van der Waals surface area contributed by atoms with Gasteiger partial charge in [-0.2, -0.15) is 0 Å². The summed E-state index contributed by atoms with van der Waals surface area (Å²) < 4.78 is 27.6. The number of amides is 1. The third-order valence-corrected chi connectivity index (χ3v) is 5.72. The van der Waals surface area contributed by atoms with Crippen molar-refractivity contribution < 1.29 is 13.2 Å². The van der Waals surface area contributed by atoms with E-state index in [0.717, 1.165) is 22.3 Å². The maximum atomic E-state index is 12.7. The molecule has 0 radical (unpaired) electrons. The van der Waals surface area contributed by atoms with Crippen LogP contribution in [0.1, 0.15) is 22.3 Å². The van der Waals surface area contributed by atoms with E-state index in [0.29, 0.717) is 10.9 Å². The number of aromatic nitrogens is 1. The summed E-state index contributed by atoms with van der Waals surface area (Å²) in [4.78, 5) is 16.6. The Morgan fingerprint density at radius 1 is 1.04 bits per heavy atom. The lowest BCUT2D eigenvalue weighted by molar-refractivity contribution is -0.118. The van der Waals surface area contributed by atoms with Crippen LogP contribution in [0.4, 0.5) is 0 Å². The lowest BCUT2D eigenvalue weighted by atomic mass is 9.97. The molecule has 0 aliphatic rings. The van der Waals surface area contributed by atoms with Crippen LogP contribution >= 0.6 is 0 Å². The molecule has 0 atom stereocenters. The van der Waals surface area contributed by atoms with Crippen molar-refractivity contribution in [3.63, 3.8) is 0 Å². The SMILES string of the molecule is Cc1cc(C)c(CC(=O)NS(=O)(=O)c2cccc3cccnc23)c(C)c1. The molecule has 3 aromatic rings. The van der Waals surface area contributed by atoms with Crippen molar-refractivity contribution in [1.82, 2.24) is 9.71 Å². The maximum Gasteiger partial charge on any atom is 0.266 e. The maximum absolute atomic E-state index is 12.7. The minimum Gasteiger partial charge on any atom is -0.274 e. The van der Waals surface area contributed by atoms with Gasteiger partial charge in [0.05, 0.1) is 11.9 Å². The van der Waals surface area contributed by atoms with Crippen LogP contribution in [0.15, 0.2) is 53.6 Å². The van der Waals surface area contributed by atoms with Crippen molar-refractivity contribution in [2.45, 2.75) is 32.1 Å². The van der Waals surface area contributed by atoms with E-state index in [1.165, 1.54) is 12.3 Å². The van der Waals surface area contributed by atoms with Gasteiger partial charge < -0.3 is 0 Å². The lowest BCUT2D eigenvalue weighted by Crippen LogP contribution is -2.32. The smallest absolute Gasteiger partial charge is 0.266 e. The molecule has 0 saturated heterocycles. The number of benzene rings is 2. The van der Waals surface area contributed by atoms with Gasteiger partial charge >= 0.3 is 0 Å². The second-order valence-corrected chi connectivity index (χ2v) is 8.06. The highest BCUT2D eigenvalue weighted by Crippen LogP contribution is 2.21. The molecule has 0 aliphatic heterocycles. The molecule has 0 bridgehead atoms. The van der Waals surface area contributed by atoms with Crippen LogP contribution in [-0.4, -0.2) is 19.3 Å². The fourth-order valence-electron chi connectivity index (χ4n) is 3.18. The summed E-state index contributed by atoms with van der Waals surface area (Å²) in [5.74, 6) is -0.562. The fraction of sp³-hybridized carbons (Fsp3) is 0.200. The van der Waals surface area contributed by atoms with Gasteiger partial charge in [-0.3, -0.25) is 9.78 Å². The summed E-state index contributed by atoms with van der Waals surface area (Å²) in [6.07, 6.45) is 1.54. The van der Waals surface area contributed by atoms with E-state index in [1.807, 2.05) is 32.9 Å². The van der Waals surface area contributed by atoms with Gasteiger partial charge in [0.1, 0.15) is 4.90 Å². The van der Waals surface area contributed by atoms with E-state index in [2.05, 4.69) is 9.71 Å². The number of para-hydroxylation sites is 1. The normalized spacial score (nSPS) is 11.5. The summed E-state index contributed by atoms with van der Waals surface area (Å²) in [6.45, 7) is 5.83. The summed E-state index contributed by atoms with van der Waals surface area (Å²) in [5.41, 5.74) is 4.25. The summed E-state index contributed by atoms with van der Waals surface area (Å²) in [5, 5.41) is 0.702. The van der Waals surface area contributed by atoms with E-state index in [1.54, 1.807) is 24.3 Å². The van der Waals surface area contributed by atoms with Crippen LogP contribution in [0.25, 0.3) is 10.9 Å². The molecule has 2 aromatic carbocycles. The predicted molar refractivity (Wildman–Crippen MR) is 101 cm³/mol. The van der Waals surface area contributed by atoms with E-state index in [-0.39, 0.29) is 11.3 Å². The van der Waals surface area contributed by atoms with Gasteiger partial charge in [-0.25, -0.2) is 13.1 Å². The minimum atomic E-state index is -4.00. The Labute approximate surface area is 153 Å². The Hall–Kier alpha value is -2.73. The topological polar surface area (TPSA) is 76.1 Å². The van der Waals surface area contributed by atoms with Gasteiger partial charge in [0, 0.05) is 11.6 Å². The molecule has 134 valence electrons. The number of fused-ring (bicyclic) bond motifs is 1. The molecule has 6 heteroatoms. The Kier molecular flexibility index (Phi) is 4.78. The second kappa shape index (κ2) is 6.88. The van der Waals surface area contributed by atoms with Gasteiger partial charge in [0.15, 0.2) is 0 Å². The van der Waals surface area contributed by atoms with E-state index in [9.17, 15) is 13.2 Å². The number of rotatable bonds is 4. The number of nitrogens with one attached hydrogen (secondary N) is 1. The second-order valence-electron chi connectivity index (χ2n) is 6.41. The van der Waals surface area contributed by atoms with Crippen LogP contribution in [-0.2, 0) is 21.2 Å². The van der Waals surface area contributed by atoms with Gasteiger partial charge in [-0.1, -0.05) is 35.9 Å². The molecular formula is C20H20N2O3S. The first kappa shape index (κ1) is 18.1. The first-order chi connectivity index (χ1) is 12.3. The van der Waals surface area contributed by atoms with Crippen molar-refractivity contribution in [2.75, 3.05) is 0 Å². The summed E-state index contributed by atoms with van der Waals surface area (Å²) in [6, 6.07) is 12.4. The summed E-state index contributed by atoms with van der Waals surface area (Å²) >= 11 is 0. The third-order valence-electron chi connectivity index (χ3n) is 4.31. The van der Waals surface area contributed by atoms with Crippen molar-refractivity contribution in [3.05, 3.63) is 70.9 Å². The number of pyridine rings is 1. The van der Waals surface area contributed by atoms with Crippen molar-refractivity contribution >= 4 is 26.8 Å². The molecule has 0 saturated carbocycles. The molecule has 3 rings (SSSR count). The number of carbonyl (C=O) groups excluding carboxylic acids is 1. The van der Waals surface area contributed by atoms with Crippen LogP contribution < -0.4 is 4.72 Å². The molecule has 0 fully saturated rings. The Bertz CT molecular complexity index is 1080. The molecule has 5 nitrogen and oxygen atoms in total. The largest absolute Gasteiger partial charge is 0.274 e. The number of hydrogen-bond acceptors (Lipinski definition) is 4. The first-order valence-electron chi connectivity index (χ1n) is 8.24. The zero-order chi connectivity index (χ0) is 18.9. The number of carbonyl (C=O) groups is 1. The number of hydrogen-bond donors (Lipinski definition) is 1. The van der Waals surface area contributed by atoms with Gasteiger partial charge in [0.25, 0.3) is 10.0 Å². The number of aryl methyl sites for hydroxylation is 3. The van der Waals surface area contributed by atoms with E-state index in [4.69, 9.17) is 0 Å². The zero-order valence-corrected chi connectivity index (χ0v) is 15.7. The highest BCUT2D eigenvalue weighted by Gasteiger charge is 2.21. The van der Waals surface area contributed by atoms with Gasteiger partial charge in [-0.15, -0.1) is 0 Å². The first-order valence-corrected chi connectivity index (χ1v) is 9.72. The van der Waals surface area contributed by atoms with Crippen LogP contribution in [0.2, 0.25) is 0 Å². The van der Waals surface area contributed by atoms with E-state index >= 15 is 0 Å². The average Bonchev–Trinajstić information content (AvgIpc) is 2.57. The van der Waals surface area contributed by atoms with Crippen LogP contribution in [0.3, 0.4) is 0 Å². The van der Waals surface area contributed by atoms with Crippen molar-refractivity contribution in [3.8, 4) is 0 Å². The van der Waals surface area contributed by atoms with Crippen molar-refractivity contribution in [1.29, 1.82) is 0 Å². The molecule has 1 amide bonds. The van der Waals surface area contributed by atoms with E-state index < -0.39 is 15.9 Å². The molecule has 1 heterocycles. The van der Waals surface area contributed by atoms with Crippen molar-refractivity contribution in [2.24, 2.45) is 0 Å². The average molecular weight is 368 g/mol. The Balaban J connectivity index is 1.89. The standard InChI is InChI=1S/C20H20N2O3S/c1-13-10-14(2)17(15(3)11-13)12-19(23)22-26(24,25)18-8-4-6-16-7-5-9-21-20(16)18/h4-11H,12H2,1-3H3,(H,22,23). The Morgan fingerprint density at radius 2 is 1.69 bits per heavy atom. The molecule has 1 N–H and O–H groups in total. The summed E-state index contributed by atoms with van der Waals surface area (Å²) in [7, 11) is -4.00. The minimum absolute atomic E-state index is 0.00120. The van der Waals surface area contributed by atoms with Crippen LogP contribution in [0, 0.1) is 20.8 Å². The highest BCUT2D eigenvalue weighted by molar-refractivity contribution is 7.90. The molecule has 26 heavy (non-hydrogen) atoms. The van der Waals surface area contributed by atoms with Gasteiger partial charge in [0.2, 0.25) is 5.91 Å². The molecular weight excluding hydrogens is 348 g/mol. The quantitative estimate of drug-likeness (QED) is 0.767. The van der Waals surface area contributed by atoms with Gasteiger partial charge in [-0.05, 0) is 49.6 Å². The molecule has 0 unspecified atom stereocenters. The Morgan fingerprint density at radius 3 is 2.38 bits per heavy atom. The number of nitrogens with zero attached hydrogens (tertiary/aromatic N) is 1. The molecule has 0 aliphatic carbocycles. The third kappa shape index (κ3) is 3.60. The lowest BCUT2D eigenvalue weighted by Gasteiger charge is -2.12.